The first-order valence-corrected chi connectivity index (χ1v) is 42.8. The summed E-state index contributed by atoms with van der Waals surface area (Å²) in [7, 11) is 4.24. The van der Waals surface area contributed by atoms with E-state index in [1.54, 1.807) is 0 Å². The van der Waals surface area contributed by atoms with Gasteiger partial charge >= 0.3 is 0 Å². The summed E-state index contributed by atoms with van der Waals surface area (Å²) in [5.41, 5.74) is 27.7. The van der Waals surface area contributed by atoms with Crippen LogP contribution >= 0.6 is 0 Å². The number of rotatable bonds is 8. The highest BCUT2D eigenvalue weighted by Crippen LogP contribution is 2.52. The monoisotopic (exact) mass is 1690 g/mol. The van der Waals surface area contributed by atoms with Crippen LogP contribution in [0, 0.1) is 34.6 Å². The van der Waals surface area contributed by atoms with Crippen LogP contribution < -0.4 is 39.2 Å². The van der Waals surface area contributed by atoms with Gasteiger partial charge in [-0.1, -0.05) is 231 Å². The SMILES string of the molecule is C.C.C.C.C.Cc1ccc2c(oc3ccccc32)c1N1C=CN(C(C)C)C1C.Cc1ccc2c(oc3ccccc32)c1N1C=CN(C)C1C.Cc1ccc2c(oc3ccccc32)c1N1C=CN(c2ccccc2)C1C.Cc1ccc2c(oc3ccccc32)c1N1c2ccccc2N(C(C)C)C1C.Cc1ccc2c(oc3ccccc32)c1N1c2ccccc2N(C)C1C. The van der Waals surface area contributed by atoms with Gasteiger partial charge in [0.05, 0.1) is 51.2 Å². The Morgan fingerprint density at radius 1 is 0.244 bits per heavy atom. The van der Waals surface area contributed by atoms with E-state index in [1.165, 1.54) is 121 Å². The second-order valence-electron chi connectivity index (χ2n) is 33.6. The number of fused-ring (bicyclic) bond motifs is 17. The van der Waals surface area contributed by atoms with Gasteiger partial charge in [-0.15, -0.1) is 0 Å². The molecule has 10 heterocycles. The van der Waals surface area contributed by atoms with Crippen LogP contribution in [-0.4, -0.2) is 66.8 Å². The third kappa shape index (κ3) is 15.2. The highest BCUT2D eigenvalue weighted by Gasteiger charge is 2.39. The van der Waals surface area contributed by atoms with Crippen molar-refractivity contribution in [1.29, 1.82) is 0 Å². The normalized spacial score (nSPS) is 16.6. The number of furan rings is 5. The van der Waals surface area contributed by atoms with E-state index in [9.17, 15) is 0 Å². The maximum absolute atomic E-state index is 6.38. The number of hydrogen-bond donors (Lipinski definition) is 0. The van der Waals surface area contributed by atoms with Crippen molar-refractivity contribution in [3.05, 3.63) is 326 Å². The Bertz CT molecular complexity index is 7120. The second kappa shape index (κ2) is 36.0. The van der Waals surface area contributed by atoms with Gasteiger partial charge in [0, 0.05) is 123 Å². The molecule has 15 heteroatoms. The van der Waals surface area contributed by atoms with Gasteiger partial charge in [-0.25, -0.2) is 0 Å². The van der Waals surface area contributed by atoms with Crippen LogP contribution in [0.1, 0.15) is 127 Å². The van der Waals surface area contributed by atoms with Crippen LogP contribution in [0.2, 0.25) is 0 Å². The Balaban J connectivity index is 0.000000128. The van der Waals surface area contributed by atoms with Crippen LogP contribution in [0.4, 0.5) is 56.9 Å². The van der Waals surface area contributed by atoms with E-state index in [-0.39, 0.29) is 61.8 Å². The van der Waals surface area contributed by atoms with Gasteiger partial charge in [-0.3, -0.25) is 0 Å². The first-order chi connectivity index (χ1) is 59.2. The molecule has 18 aromatic rings. The maximum atomic E-state index is 6.38. The number of benzene rings is 13. The Kier molecular flexibility index (Phi) is 25.3. The predicted octanol–water partition coefficient (Wildman–Crippen LogP) is 31.4. The molecule has 5 atom stereocenters. The van der Waals surface area contributed by atoms with E-state index in [1.807, 2.05) is 60.7 Å². The zero-order valence-electron chi connectivity index (χ0n) is 72.3. The third-order valence-electron chi connectivity index (χ3n) is 25.6. The molecule has 13 aromatic carbocycles. The van der Waals surface area contributed by atoms with Crippen molar-refractivity contribution in [1.82, 2.24) is 9.80 Å². The molecule has 0 radical (unpaired) electrons. The molecule has 5 aliphatic heterocycles. The number of anilines is 10. The van der Waals surface area contributed by atoms with E-state index in [2.05, 4.69) is 397 Å². The molecule has 0 N–H and O–H groups in total. The second-order valence-corrected chi connectivity index (χ2v) is 33.6. The van der Waals surface area contributed by atoms with E-state index in [0.29, 0.717) is 18.2 Å². The Morgan fingerprint density at radius 3 is 0.898 bits per heavy atom. The summed E-state index contributed by atoms with van der Waals surface area (Å²) < 4.78 is 31.4. The summed E-state index contributed by atoms with van der Waals surface area (Å²) in [5, 5.41) is 11.8. The maximum Gasteiger partial charge on any atom is 0.159 e. The lowest BCUT2D eigenvalue weighted by Crippen LogP contribution is -2.42. The average Bonchev–Trinajstić information content (AvgIpc) is 1.36. The van der Waals surface area contributed by atoms with E-state index < -0.39 is 0 Å². The van der Waals surface area contributed by atoms with Gasteiger partial charge in [0.2, 0.25) is 0 Å². The number of para-hydroxylation sites is 10. The zero-order chi connectivity index (χ0) is 84.2. The summed E-state index contributed by atoms with van der Waals surface area (Å²) in [6.07, 6.45) is 14.1. The van der Waals surface area contributed by atoms with E-state index >= 15 is 0 Å². The topological polar surface area (TPSA) is 98.1 Å². The summed E-state index contributed by atoms with van der Waals surface area (Å²) >= 11 is 0. The Morgan fingerprint density at radius 2 is 0.535 bits per heavy atom. The smallest absolute Gasteiger partial charge is 0.159 e. The molecule has 0 saturated heterocycles. The molecule has 652 valence electrons. The van der Waals surface area contributed by atoms with Gasteiger partial charge < -0.3 is 71.1 Å². The summed E-state index contributed by atoms with van der Waals surface area (Å²) in [6.45, 7) is 30.9. The molecule has 0 aliphatic carbocycles. The van der Waals surface area contributed by atoms with Crippen molar-refractivity contribution in [2.45, 2.75) is 177 Å². The van der Waals surface area contributed by atoms with Crippen LogP contribution in [0.15, 0.2) is 320 Å². The van der Waals surface area contributed by atoms with Crippen molar-refractivity contribution < 1.29 is 22.1 Å². The molecular formula is C112H124N10O5. The molecule has 0 amide bonds. The fourth-order valence-corrected chi connectivity index (χ4v) is 19.2. The van der Waals surface area contributed by atoms with Crippen LogP contribution in [0.5, 0.6) is 0 Å². The van der Waals surface area contributed by atoms with E-state index in [0.717, 1.165) is 72.9 Å². The number of hydrogen-bond acceptors (Lipinski definition) is 15. The predicted molar refractivity (Wildman–Crippen MR) is 545 cm³/mol. The minimum Gasteiger partial charge on any atom is -0.454 e. The van der Waals surface area contributed by atoms with Gasteiger partial charge in [0.25, 0.3) is 0 Å². The molecule has 0 saturated carbocycles. The quantitative estimate of drug-likeness (QED) is 0.144. The van der Waals surface area contributed by atoms with Gasteiger partial charge in [0.15, 0.2) is 27.9 Å². The van der Waals surface area contributed by atoms with Crippen LogP contribution in [0.25, 0.3) is 110 Å². The molecule has 5 unspecified atom stereocenters. The molecule has 5 aromatic heterocycles. The lowest BCUT2D eigenvalue weighted by atomic mass is 10.1. The van der Waals surface area contributed by atoms with Crippen LogP contribution in [0.3, 0.4) is 0 Å². The lowest BCUT2D eigenvalue weighted by Gasteiger charge is -2.33. The number of aryl methyl sites for hydroxylation is 5. The minimum absolute atomic E-state index is 0. The third-order valence-corrected chi connectivity index (χ3v) is 25.6. The Labute approximate surface area is 750 Å². The first-order valence-electron chi connectivity index (χ1n) is 42.8. The molecule has 0 bridgehead atoms. The number of nitrogens with zero attached hydrogens (tertiary/aromatic N) is 10. The van der Waals surface area contributed by atoms with Gasteiger partial charge in [-0.05, 0) is 191 Å². The van der Waals surface area contributed by atoms with Crippen molar-refractivity contribution in [2.75, 3.05) is 53.3 Å². The molecule has 23 rings (SSSR count). The zero-order valence-corrected chi connectivity index (χ0v) is 72.3. The molecule has 0 spiro atoms. The first kappa shape index (κ1) is 89.4. The van der Waals surface area contributed by atoms with Crippen molar-refractivity contribution in [3.8, 4) is 0 Å². The van der Waals surface area contributed by atoms with Gasteiger partial charge in [-0.2, -0.15) is 0 Å². The van der Waals surface area contributed by atoms with Crippen LogP contribution in [-0.2, 0) is 0 Å². The van der Waals surface area contributed by atoms with E-state index in [4.69, 9.17) is 22.1 Å². The fraction of sp³-hybridized carbons (Fsp3) is 0.250. The largest absolute Gasteiger partial charge is 0.454 e. The summed E-state index contributed by atoms with van der Waals surface area (Å²) in [4.78, 5) is 23.4. The summed E-state index contributed by atoms with van der Waals surface area (Å²) in [6, 6.07) is 91.8. The molecule has 127 heavy (non-hydrogen) atoms. The van der Waals surface area contributed by atoms with Crippen molar-refractivity contribution >= 4 is 167 Å². The highest BCUT2D eigenvalue weighted by atomic mass is 16.3. The lowest BCUT2D eigenvalue weighted by molar-refractivity contribution is 0.263. The van der Waals surface area contributed by atoms with Crippen molar-refractivity contribution in [2.24, 2.45) is 0 Å². The van der Waals surface area contributed by atoms with Crippen molar-refractivity contribution in [3.63, 3.8) is 0 Å². The molecule has 5 aliphatic rings. The Hall–Kier alpha value is -13.9. The minimum atomic E-state index is 0. The van der Waals surface area contributed by atoms with Gasteiger partial charge in [0.1, 0.15) is 58.7 Å². The molecular weight excluding hydrogens is 1570 g/mol. The fourth-order valence-electron chi connectivity index (χ4n) is 19.2. The standard InChI is InChI=1S/C24H24N2O.C23H20N2O.C22H20N2O.C20H22N2O.C18H18N2O.5CH4/c1-15(2)25-17(4)26(21-11-7-6-10-20(21)25)23-16(3)13-14-19-18-9-5-8-12-22(18)27-24(19)23;1-16-12-13-20-19-10-6-7-11-21(19)26-23(20)22(16)25-15-14-24(17(25)2)18-8-4-3-5-9-18;1-14-12-13-17-16-8-4-7-11-20(16)25-22(17)21(14)24-15(2)23(3)18-9-5-6-10-19(18)24;1-13(2)21-11-12-22(15(21)4)19-14(3)9-10-17-16-7-5-6-8-18(16)23-20(17)19;1-12-8-9-15-14-6-4-5-7-16(14)21-18(15)17(12)20-11-10-19(3)13(20)2;;;;;/h5-15,17H,1-4H3;3-15,17H,1-2H3;4-13,15H,1-3H3;5-13,15H,1-4H3;4-11,13H,1-3H3;5*1H4. The highest BCUT2D eigenvalue weighted by molar-refractivity contribution is 6.15. The average molecular weight is 1690 g/mol. The molecule has 15 nitrogen and oxygen atoms in total. The summed E-state index contributed by atoms with van der Waals surface area (Å²) in [5.74, 6) is 0. The molecule has 0 fully saturated rings.